The number of nitrogens with zero attached hydrogens (tertiary/aromatic N) is 3. The molecule has 3 rings (SSSR count). The van der Waals surface area contributed by atoms with Crippen molar-refractivity contribution in [3.05, 3.63) is 51.7 Å². The van der Waals surface area contributed by atoms with Gasteiger partial charge in [-0.2, -0.15) is 5.10 Å². The third-order valence-electron chi connectivity index (χ3n) is 3.46. The van der Waals surface area contributed by atoms with Crippen molar-refractivity contribution in [3.8, 4) is 10.7 Å². The van der Waals surface area contributed by atoms with E-state index < -0.39 is 14.9 Å². The molecule has 0 saturated heterocycles. The molecule has 26 heavy (non-hydrogen) atoms. The van der Waals surface area contributed by atoms with Crippen LogP contribution in [0.4, 0.5) is 11.4 Å². The molecular formula is C14H14N6O4S2. The number of hydrogen-bond acceptors (Lipinski definition) is 8. The third kappa shape index (κ3) is 3.71. The van der Waals surface area contributed by atoms with Crippen molar-refractivity contribution in [2.24, 2.45) is 0 Å². The fourth-order valence-electron chi connectivity index (χ4n) is 2.17. The Balaban J connectivity index is 1.80. The van der Waals surface area contributed by atoms with Gasteiger partial charge in [0.1, 0.15) is 11.5 Å². The molecule has 0 aliphatic heterocycles. The van der Waals surface area contributed by atoms with Crippen LogP contribution in [0.1, 0.15) is 5.82 Å². The Morgan fingerprint density at radius 2 is 2.15 bits per heavy atom. The number of nitrogens with one attached hydrogen (secondary N) is 3. The molecule has 0 aliphatic rings. The second-order valence-corrected chi connectivity index (χ2v) is 7.91. The number of nitro benzene ring substituents is 1. The zero-order valence-electron chi connectivity index (χ0n) is 13.5. The Labute approximate surface area is 152 Å². The normalized spacial score (nSPS) is 11.4. The van der Waals surface area contributed by atoms with E-state index in [-0.39, 0.29) is 22.8 Å². The van der Waals surface area contributed by atoms with Crippen LogP contribution in [0.15, 0.2) is 40.6 Å². The first kappa shape index (κ1) is 18.0. The standard InChI is InChI=1S/C14H14N6O4S2/c1-15-26(23,24)9-4-5-10(11(7-9)20(21)22)16-8-13-17-14(19-18-13)12-3-2-6-25-12/h2-7,15-16H,8H2,1H3,(H,17,18,19). The molecule has 0 atom stereocenters. The fourth-order valence-corrected chi connectivity index (χ4v) is 3.57. The minimum atomic E-state index is -3.77. The fraction of sp³-hybridized carbons (Fsp3) is 0.143. The number of anilines is 1. The molecule has 0 bridgehead atoms. The van der Waals surface area contributed by atoms with Gasteiger partial charge in [0, 0.05) is 6.07 Å². The second-order valence-electron chi connectivity index (χ2n) is 5.08. The van der Waals surface area contributed by atoms with E-state index in [0.717, 1.165) is 10.9 Å². The zero-order valence-corrected chi connectivity index (χ0v) is 15.1. The maximum absolute atomic E-state index is 11.8. The Morgan fingerprint density at radius 3 is 2.81 bits per heavy atom. The third-order valence-corrected chi connectivity index (χ3v) is 5.74. The highest BCUT2D eigenvalue weighted by Gasteiger charge is 2.20. The number of H-pyrrole nitrogens is 1. The van der Waals surface area contributed by atoms with E-state index in [1.807, 2.05) is 17.5 Å². The molecule has 3 aromatic rings. The number of benzene rings is 1. The van der Waals surface area contributed by atoms with Crippen LogP contribution in [-0.2, 0) is 16.6 Å². The molecule has 0 fully saturated rings. The smallest absolute Gasteiger partial charge is 0.293 e. The van der Waals surface area contributed by atoms with Gasteiger partial charge in [-0.25, -0.2) is 18.1 Å². The SMILES string of the molecule is CNS(=O)(=O)c1ccc(NCc2nc(-c3cccs3)n[nH]2)c([N+](=O)[O-])c1. The number of aromatic amines is 1. The topological polar surface area (TPSA) is 143 Å². The lowest BCUT2D eigenvalue weighted by molar-refractivity contribution is -0.384. The summed E-state index contributed by atoms with van der Waals surface area (Å²) < 4.78 is 25.7. The number of nitro groups is 1. The summed E-state index contributed by atoms with van der Waals surface area (Å²) in [4.78, 5) is 15.7. The summed E-state index contributed by atoms with van der Waals surface area (Å²) >= 11 is 1.50. The van der Waals surface area contributed by atoms with Crippen LogP contribution in [-0.4, -0.2) is 35.6 Å². The predicted octanol–water partition coefficient (Wildman–Crippen LogP) is 1.96. The Kier molecular flexibility index (Phi) is 4.97. The van der Waals surface area contributed by atoms with E-state index >= 15 is 0 Å². The molecule has 3 N–H and O–H groups in total. The lowest BCUT2D eigenvalue weighted by atomic mass is 10.2. The maximum atomic E-state index is 11.8. The van der Waals surface area contributed by atoms with Gasteiger partial charge in [-0.3, -0.25) is 15.2 Å². The van der Waals surface area contributed by atoms with Gasteiger partial charge in [-0.05, 0) is 30.6 Å². The van der Waals surface area contributed by atoms with Gasteiger partial charge in [0.15, 0.2) is 5.82 Å². The summed E-state index contributed by atoms with van der Waals surface area (Å²) in [7, 11) is -2.53. The monoisotopic (exact) mass is 394 g/mol. The van der Waals surface area contributed by atoms with Gasteiger partial charge in [0.2, 0.25) is 10.0 Å². The van der Waals surface area contributed by atoms with Gasteiger partial charge in [0.25, 0.3) is 5.69 Å². The average molecular weight is 394 g/mol. The van der Waals surface area contributed by atoms with Crippen LogP contribution < -0.4 is 10.0 Å². The van der Waals surface area contributed by atoms with Crippen molar-refractivity contribution in [2.75, 3.05) is 12.4 Å². The van der Waals surface area contributed by atoms with Gasteiger partial charge in [0.05, 0.1) is 21.2 Å². The molecule has 0 aliphatic carbocycles. The van der Waals surface area contributed by atoms with Crippen LogP contribution in [0.3, 0.4) is 0 Å². The van der Waals surface area contributed by atoms with Gasteiger partial charge >= 0.3 is 0 Å². The zero-order chi connectivity index (χ0) is 18.7. The summed E-state index contributed by atoms with van der Waals surface area (Å²) in [5.41, 5.74) is -0.168. The van der Waals surface area contributed by atoms with Crippen molar-refractivity contribution in [3.63, 3.8) is 0 Å². The lowest BCUT2D eigenvalue weighted by Gasteiger charge is -2.07. The molecule has 136 valence electrons. The lowest BCUT2D eigenvalue weighted by Crippen LogP contribution is -2.18. The number of rotatable bonds is 7. The molecular weight excluding hydrogens is 380 g/mol. The quantitative estimate of drug-likeness (QED) is 0.410. The maximum Gasteiger partial charge on any atom is 0.293 e. The van der Waals surface area contributed by atoms with E-state index in [1.54, 1.807) is 0 Å². The van der Waals surface area contributed by atoms with Crippen LogP contribution in [0, 0.1) is 10.1 Å². The molecule has 0 spiro atoms. The highest BCUT2D eigenvalue weighted by Crippen LogP contribution is 2.28. The summed E-state index contributed by atoms with van der Waals surface area (Å²) in [5, 5.41) is 22.9. The number of hydrogen-bond donors (Lipinski definition) is 3. The Morgan fingerprint density at radius 1 is 1.35 bits per heavy atom. The van der Waals surface area contributed by atoms with E-state index in [2.05, 4.69) is 25.2 Å². The molecule has 0 saturated carbocycles. The highest BCUT2D eigenvalue weighted by atomic mass is 32.2. The van der Waals surface area contributed by atoms with Crippen molar-refractivity contribution in [1.29, 1.82) is 0 Å². The Bertz CT molecular complexity index is 1030. The molecule has 0 unspecified atom stereocenters. The van der Waals surface area contributed by atoms with E-state index in [9.17, 15) is 18.5 Å². The van der Waals surface area contributed by atoms with Crippen LogP contribution >= 0.6 is 11.3 Å². The van der Waals surface area contributed by atoms with Crippen molar-refractivity contribution in [2.45, 2.75) is 11.4 Å². The first-order valence-electron chi connectivity index (χ1n) is 7.32. The molecule has 12 heteroatoms. The summed E-state index contributed by atoms with van der Waals surface area (Å²) in [6.07, 6.45) is 0. The number of sulfonamides is 1. The van der Waals surface area contributed by atoms with Gasteiger partial charge < -0.3 is 5.32 Å². The first-order valence-corrected chi connectivity index (χ1v) is 9.68. The predicted molar refractivity (Wildman–Crippen MR) is 96.4 cm³/mol. The van der Waals surface area contributed by atoms with Gasteiger partial charge in [-0.15, -0.1) is 11.3 Å². The summed E-state index contributed by atoms with van der Waals surface area (Å²) in [6.45, 7) is 0.164. The molecule has 1 aromatic carbocycles. The van der Waals surface area contributed by atoms with Gasteiger partial charge in [-0.1, -0.05) is 6.07 Å². The number of thiophene rings is 1. The van der Waals surface area contributed by atoms with Crippen molar-refractivity contribution >= 4 is 32.7 Å². The van der Waals surface area contributed by atoms with Crippen LogP contribution in [0.2, 0.25) is 0 Å². The molecule has 0 radical (unpaired) electrons. The van der Waals surface area contributed by atoms with E-state index in [4.69, 9.17) is 0 Å². The van der Waals surface area contributed by atoms with Crippen molar-refractivity contribution in [1.82, 2.24) is 19.9 Å². The summed E-state index contributed by atoms with van der Waals surface area (Å²) in [5.74, 6) is 1.04. The van der Waals surface area contributed by atoms with E-state index in [0.29, 0.717) is 11.6 Å². The molecule has 2 aromatic heterocycles. The first-order chi connectivity index (χ1) is 12.4. The molecule has 10 nitrogen and oxygen atoms in total. The largest absolute Gasteiger partial charge is 0.372 e. The van der Waals surface area contributed by atoms with Crippen molar-refractivity contribution < 1.29 is 13.3 Å². The summed E-state index contributed by atoms with van der Waals surface area (Å²) in [6, 6.07) is 7.42. The van der Waals surface area contributed by atoms with E-state index in [1.165, 1.54) is 30.5 Å². The highest BCUT2D eigenvalue weighted by molar-refractivity contribution is 7.89. The molecule has 2 heterocycles. The minimum Gasteiger partial charge on any atom is -0.372 e. The minimum absolute atomic E-state index is 0.164. The average Bonchev–Trinajstić information content (AvgIpc) is 3.31. The Hall–Kier alpha value is -2.83. The van der Waals surface area contributed by atoms with Crippen LogP contribution in [0.5, 0.6) is 0 Å². The second kappa shape index (κ2) is 7.19. The van der Waals surface area contributed by atoms with Crippen LogP contribution in [0.25, 0.3) is 10.7 Å². The number of aromatic nitrogens is 3. The molecule has 0 amide bonds.